The van der Waals surface area contributed by atoms with Gasteiger partial charge in [-0.25, -0.2) is 0 Å². The van der Waals surface area contributed by atoms with Crippen LogP contribution in [0.4, 0.5) is 0 Å². The molecule has 0 aromatic carbocycles. The summed E-state index contributed by atoms with van der Waals surface area (Å²) in [6.07, 6.45) is 17.4. The van der Waals surface area contributed by atoms with Crippen molar-refractivity contribution in [1.29, 1.82) is 0 Å². The summed E-state index contributed by atoms with van der Waals surface area (Å²) in [6.45, 7) is 1.94. The Morgan fingerprint density at radius 3 is 1.67 bits per heavy atom. The first kappa shape index (κ1) is 19.1. The number of rotatable bonds is 3. The van der Waals surface area contributed by atoms with Crippen LogP contribution in [0, 0.1) is 63.7 Å². The number of carbonyl (C=O) groups excluding carboxylic acids is 1. The zero-order chi connectivity index (χ0) is 12.7. The van der Waals surface area contributed by atoms with E-state index in [-0.39, 0.29) is 32.5 Å². The Morgan fingerprint density at radius 1 is 0.944 bits per heavy atom. The third kappa shape index (κ3) is 7.07. The Labute approximate surface area is 139 Å². The molecule has 0 amide bonds. The minimum absolute atomic E-state index is 0. The van der Waals surface area contributed by atoms with Crippen molar-refractivity contribution in [2.24, 2.45) is 0 Å². The van der Waals surface area contributed by atoms with Crippen LogP contribution in [-0.4, -0.2) is 15.4 Å². The molecular weight excluding hydrogens is 400 g/mol. The normalized spacial score (nSPS) is 22.6. The summed E-state index contributed by atoms with van der Waals surface area (Å²) in [5.74, 6) is 0.896. The Hall–Kier alpha value is 1.15. The standard InChI is InChI=1S/C9H9Br2O.C5H5.Fe/c1-6(10)8(11)9(12)7-4-2-3-5-7;1-2-4-5-3-1;/h2-6,8H,1H3;1-5H;/q;;+2. The third-order valence-electron chi connectivity index (χ3n) is 2.16. The van der Waals surface area contributed by atoms with E-state index in [4.69, 9.17) is 0 Å². The van der Waals surface area contributed by atoms with Gasteiger partial charge in [0, 0.05) is 4.83 Å². The van der Waals surface area contributed by atoms with Crippen molar-refractivity contribution < 1.29 is 21.9 Å². The van der Waals surface area contributed by atoms with Crippen LogP contribution in [0.1, 0.15) is 6.92 Å². The van der Waals surface area contributed by atoms with Crippen molar-refractivity contribution in [2.75, 3.05) is 0 Å². The van der Waals surface area contributed by atoms with E-state index in [9.17, 15) is 4.79 Å². The van der Waals surface area contributed by atoms with Gasteiger partial charge < -0.3 is 0 Å². The van der Waals surface area contributed by atoms with Crippen LogP contribution in [0.2, 0.25) is 0 Å². The molecule has 0 heterocycles. The molecule has 4 heteroatoms. The zero-order valence-corrected chi connectivity index (χ0v) is 14.1. The second kappa shape index (κ2) is 10.9. The summed E-state index contributed by atoms with van der Waals surface area (Å²) in [4.78, 5) is 11.6. The van der Waals surface area contributed by atoms with Gasteiger partial charge in [0.2, 0.25) is 0 Å². The van der Waals surface area contributed by atoms with Crippen molar-refractivity contribution in [3.63, 3.8) is 0 Å². The second-order valence-corrected chi connectivity index (χ2v) is 6.01. The maximum Gasteiger partial charge on any atom is 2.00 e. The number of carbonyl (C=O) groups is 1. The summed E-state index contributed by atoms with van der Waals surface area (Å²) in [6, 6.07) is 0. The van der Waals surface area contributed by atoms with Crippen LogP contribution < -0.4 is 0 Å². The Bertz CT molecular complexity index is 212. The fraction of sp³-hybridized carbons (Fsp3) is 0.214. The van der Waals surface area contributed by atoms with Crippen molar-refractivity contribution in [2.45, 2.75) is 16.6 Å². The first-order valence-electron chi connectivity index (χ1n) is 5.33. The van der Waals surface area contributed by atoms with Crippen LogP contribution in [0.5, 0.6) is 0 Å². The average Bonchev–Trinajstić information content (AvgIpc) is 3.01. The molecule has 0 bridgehead atoms. The summed E-state index contributed by atoms with van der Waals surface area (Å²) < 4.78 is 0. The quantitative estimate of drug-likeness (QED) is 0.511. The average molecular weight is 414 g/mol. The molecule has 1 nitrogen and oxygen atoms in total. The molecular formula is C14H14Br2FeO+2. The number of ketones is 1. The Balaban J connectivity index is 0.000000405. The van der Waals surface area contributed by atoms with E-state index in [1.807, 2.05) is 64.7 Å². The topological polar surface area (TPSA) is 17.1 Å². The van der Waals surface area contributed by atoms with Crippen LogP contribution in [0.15, 0.2) is 0 Å². The van der Waals surface area contributed by atoms with Gasteiger partial charge in [-0.1, -0.05) is 38.8 Å². The molecule has 18 heavy (non-hydrogen) atoms. The van der Waals surface area contributed by atoms with Crippen molar-refractivity contribution in [3.05, 3.63) is 63.7 Å². The van der Waals surface area contributed by atoms with Crippen LogP contribution in [-0.2, 0) is 21.9 Å². The SMILES string of the molecule is CC(Br)C(Br)C(=O)[C]1[CH][CH][CH][CH]1.[CH]1[CH][CH][CH][CH]1.[Fe+2]. The number of halogens is 2. The van der Waals surface area contributed by atoms with Gasteiger partial charge in [0.15, 0.2) is 5.78 Å². The van der Waals surface area contributed by atoms with Gasteiger partial charge in [0.05, 0.1) is 10.7 Å². The van der Waals surface area contributed by atoms with E-state index in [2.05, 4.69) is 31.9 Å². The molecule has 0 N–H and O–H groups in total. The van der Waals surface area contributed by atoms with Crippen LogP contribution >= 0.6 is 31.9 Å². The molecule has 2 saturated carbocycles. The number of Topliss-reactive ketones (excluding diaryl/α,β-unsaturated/α-hetero) is 1. The minimum Gasteiger partial charge on any atom is -0.298 e. The maximum atomic E-state index is 11.6. The summed E-state index contributed by atoms with van der Waals surface area (Å²) in [5, 5.41) is 0. The second-order valence-electron chi connectivity index (χ2n) is 3.58. The monoisotopic (exact) mass is 412 g/mol. The molecule has 10 radical (unpaired) electrons. The van der Waals surface area contributed by atoms with E-state index in [1.165, 1.54) is 0 Å². The molecule has 0 saturated heterocycles. The predicted octanol–water partition coefficient (Wildman–Crippen LogP) is 3.53. The van der Waals surface area contributed by atoms with Gasteiger partial charge in [-0.3, -0.25) is 4.79 Å². The van der Waals surface area contributed by atoms with Gasteiger partial charge >= 0.3 is 17.1 Å². The smallest absolute Gasteiger partial charge is 0.298 e. The molecule has 2 fully saturated rings. The van der Waals surface area contributed by atoms with E-state index in [1.54, 1.807) is 0 Å². The van der Waals surface area contributed by atoms with E-state index >= 15 is 0 Å². The third-order valence-corrected chi connectivity index (χ3v) is 4.60. The van der Waals surface area contributed by atoms with Gasteiger partial charge in [-0.15, -0.1) is 0 Å². The first-order valence-corrected chi connectivity index (χ1v) is 7.17. The van der Waals surface area contributed by atoms with Crippen molar-refractivity contribution in [3.8, 4) is 0 Å². The fourth-order valence-electron chi connectivity index (χ4n) is 1.23. The largest absolute Gasteiger partial charge is 2.00 e. The zero-order valence-electron chi connectivity index (χ0n) is 9.87. The van der Waals surface area contributed by atoms with Gasteiger partial charge in [0.1, 0.15) is 0 Å². The van der Waals surface area contributed by atoms with E-state index < -0.39 is 0 Å². The number of hydrogen-bond acceptors (Lipinski definition) is 1. The molecule has 2 aliphatic carbocycles. The van der Waals surface area contributed by atoms with Crippen molar-refractivity contribution >= 4 is 37.6 Å². The molecule has 96 valence electrons. The molecule has 0 aromatic heterocycles. The fourth-order valence-corrected chi connectivity index (χ4v) is 1.73. The van der Waals surface area contributed by atoms with E-state index in [0.29, 0.717) is 0 Å². The molecule has 2 unspecified atom stereocenters. The first-order chi connectivity index (χ1) is 8.13. The van der Waals surface area contributed by atoms with Crippen molar-refractivity contribution in [1.82, 2.24) is 0 Å². The van der Waals surface area contributed by atoms with Gasteiger partial charge in [-0.05, 0) is 57.8 Å². The molecule has 2 aliphatic rings. The summed E-state index contributed by atoms with van der Waals surface area (Å²) in [7, 11) is 0. The number of hydrogen-bond donors (Lipinski definition) is 0. The molecule has 0 aromatic rings. The van der Waals surface area contributed by atoms with Gasteiger partial charge in [-0.2, -0.15) is 0 Å². The molecule has 0 aliphatic heterocycles. The van der Waals surface area contributed by atoms with E-state index in [0.717, 1.165) is 5.92 Å². The minimum atomic E-state index is -0.139. The maximum absolute atomic E-state index is 11.6. The summed E-state index contributed by atoms with van der Waals surface area (Å²) >= 11 is 6.69. The Kier molecular flexibility index (Phi) is 11.6. The number of alkyl halides is 2. The Morgan fingerprint density at radius 2 is 1.33 bits per heavy atom. The molecule has 2 rings (SSSR count). The molecule has 0 spiro atoms. The van der Waals surface area contributed by atoms with Crippen LogP contribution in [0.25, 0.3) is 0 Å². The van der Waals surface area contributed by atoms with Crippen LogP contribution in [0.3, 0.4) is 0 Å². The van der Waals surface area contributed by atoms with Gasteiger partial charge in [0.25, 0.3) is 0 Å². The molecule has 2 atom stereocenters. The predicted molar refractivity (Wildman–Crippen MR) is 78.1 cm³/mol. The summed E-state index contributed by atoms with van der Waals surface area (Å²) in [5.41, 5.74) is 0.